The highest BCUT2D eigenvalue weighted by atomic mass is 16.5. The fourth-order valence-corrected chi connectivity index (χ4v) is 3.80. The van der Waals surface area contributed by atoms with Crippen molar-refractivity contribution >= 4 is 17.7 Å². The molecule has 3 rings (SSSR count). The smallest absolute Gasteiger partial charge is 0.322 e. The Morgan fingerprint density at radius 3 is 2.95 bits per heavy atom. The van der Waals surface area contributed by atoms with Crippen molar-refractivity contribution in [3.63, 3.8) is 0 Å². The summed E-state index contributed by atoms with van der Waals surface area (Å²) in [5.41, 5.74) is 0.487. The average molecular weight is 307 g/mol. The van der Waals surface area contributed by atoms with Crippen molar-refractivity contribution in [3.8, 4) is 0 Å². The van der Waals surface area contributed by atoms with Gasteiger partial charge in [0.1, 0.15) is 11.4 Å². The first-order valence-electron chi connectivity index (χ1n) is 7.72. The molecule has 1 aromatic rings. The van der Waals surface area contributed by atoms with Crippen LogP contribution in [0, 0.1) is 18.3 Å². The van der Waals surface area contributed by atoms with Gasteiger partial charge in [0, 0.05) is 19.5 Å². The molecule has 2 N–H and O–H groups in total. The zero-order chi connectivity index (χ0) is 15.9. The molecule has 7 nitrogen and oxygen atoms in total. The van der Waals surface area contributed by atoms with Crippen LogP contribution in [0.25, 0.3) is 0 Å². The molecule has 1 saturated heterocycles. The molecule has 1 aliphatic carbocycles. The first kappa shape index (κ1) is 14.9. The van der Waals surface area contributed by atoms with Crippen molar-refractivity contribution in [1.82, 2.24) is 10.1 Å². The minimum atomic E-state index is -0.777. The van der Waals surface area contributed by atoms with E-state index in [0.717, 1.165) is 12.8 Å². The first-order valence-corrected chi connectivity index (χ1v) is 7.72. The topological polar surface area (TPSA) is 95.7 Å². The molecule has 0 unspecified atom stereocenters. The molecule has 1 saturated carbocycles. The van der Waals surface area contributed by atoms with Crippen molar-refractivity contribution in [2.45, 2.75) is 39.5 Å². The van der Waals surface area contributed by atoms with Crippen LogP contribution in [-0.2, 0) is 11.2 Å². The number of aliphatic carboxylic acids is 1. The molecule has 2 aliphatic rings. The van der Waals surface area contributed by atoms with E-state index >= 15 is 0 Å². The second-order valence-corrected chi connectivity index (χ2v) is 6.28. The van der Waals surface area contributed by atoms with E-state index in [0.29, 0.717) is 36.5 Å². The Morgan fingerprint density at radius 2 is 2.32 bits per heavy atom. The van der Waals surface area contributed by atoms with Gasteiger partial charge < -0.3 is 19.8 Å². The summed E-state index contributed by atoms with van der Waals surface area (Å²) in [5, 5.41) is 16.3. The Bertz CT molecular complexity index is 612. The Balaban J connectivity index is 1.75. The molecular formula is C15H21N3O4. The van der Waals surface area contributed by atoms with Crippen LogP contribution >= 0.6 is 0 Å². The summed E-state index contributed by atoms with van der Waals surface area (Å²) in [7, 11) is 0. The molecule has 7 heteroatoms. The maximum atomic E-state index is 12.5. The number of carbonyl (C=O) groups is 2. The summed E-state index contributed by atoms with van der Waals surface area (Å²) < 4.78 is 5.16. The third kappa shape index (κ3) is 2.15. The number of amides is 2. The quantitative estimate of drug-likeness (QED) is 0.893. The van der Waals surface area contributed by atoms with Crippen molar-refractivity contribution in [1.29, 1.82) is 0 Å². The molecule has 120 valence electrons. The Labute approximate surface area is 128 Å². The Morgan fingerprint density at radius 1 is 1.55 bits per heavy atom. The lowest BCUT2D eigenvalue weighted by molar-refractivity contribution is -0.149. The van der Waals surface area contributed by atoms with Crippen LogP contribution in [-0.4, -0.2) is 40.3 Å². The number of anilines is 1. The maximum Gasteiger partial charge on any atom is 0.322 e. The second-order valence-electron chi connectivity index (χ2n) is 6.28. The van der Waals surface area contributed by atoms with Gasteiger partial charge in [0.05, 0.1) is 5.41 Å². The van der Waals surface area contributed by atoms with Crippen molar-refractivity contribution in [2.24, 2.45) is 11.3 Å². The lowest BCUT2D eigenvalue weighted by Crippen LogP contribution is -2.38. The summed E-state index contributed by atoms with van der Waals surface area (Å²) >= 11 is 0. The summed E-state index contributed by atoms with van der Waals surface area (Å²) in [6.45, 7) is 4.49. The lowest BCUT2D eigenvalue weighted by Gasteiger charge is -2.23. The number of carboxylic acids is 1. The van der Waals surface area contributed by atoms with Crippen molar-refractivity contribution in [3.05, 3.63) is 11.5 Å². The van der Waals surface area contributed by atoms with E-state index in [1.807, 2.05) is 6.92 Å². The number of likely N-dealkylation sites (tertiary alicyclic amines) is 1. The predicted molar refractivity (Wildman–Crippen MR) is 78.6 cm³/mol. The summed E-state index contributed by atoms with van der Waals surface area (Å²) in [4.78, 5) is 25.8. The number of fused-ring (bicyclic) bond motifs is 1. The van der Waals surface area contributed by atoms with E-state index < -0.39 is 11.4 Å². The minimum absolute atomic E-state index is 0.0602. The van der Waals surface area contributed by atoms with Gasteiger partial charge >= 0.3 is 12.0 Å². The summed E-state index contributed by atoms with van der Waals surface area (Å²) in [5.74, 6) is -0.0798. The summed E-state index contributed by atoms with van der Waals surface area (Å²) in [6, 6.07) is -0.268. The molecule has 2 atom stereocenters. The van der Waals surface area contributed by atoms with Crippen LogP contribution < -0.4 is 5.32 Å². The number of hydrogen-bond donors (Lipinski definition) is 2. The number of nitrogens with one attached hydrogen (secondary N) is 1. The van der Waals surface area contributed by atoms with Gasteiger partial charge in [-0.1, -0.05) is 18.5 Å². The average Bonchev–Trinajstić information content (AvgIpc) is 3.12. The number of rotatable bonds is 3. The number of nitrogens with zero attached hydrogens (tertiary/aromatic N) is 2. The number of urea groups is 1. The molecule has 22 heavy (non-hydrogen) atoms. The number of hydrogen-bond acceptors (Lipinski definition) is 4. The minimum Gasteiger partial charge on any atom is -0.481 e. The molecule has 1 aromatic heterocycles. The molecule has 0 aromatic carbocycles. The van der Waals surface area contributed by atoms with E-state index in [4.69, 9.17) is 4.52 Å². The molecular weight excluding hydrogens is 286 g/mol. The van der Waals surface area contributed by atoms with E-state index in [-0.39, 0.29) is 18.5 Å². The number of carboxylic acid groups (broad SMARTS) is 1. The van der Waals surface area contributed by atoms with Crippen molar-refractivity contribution < 1.29 is 19.2 Å². The zero-order valence-corrected chi connectivity index (χ0v) is 12.9. The molecule has 2 heterocycles. The van der Waals surface area contributed by atoms with Gasteiger partial charge in [0.2, 0.25) is 0 Å². The van der Waals surface area contributed by atoms with Gasteiger partial charge in [-0.2, -0.15) is 0 Å². The van der Waals surface area contributed by atoms with E-state index in [9.17, 15) is 14.7 Å². The normalized spacial score (nSPS) is 27.0. The Kier molecular flexibility index (Phi) is 3.58. The van der Waals surface area contributed by atoms with Gasteiger partial charge in [-0.3, -0.25) is 4.79 Å². The van der Waals surface area contributed by atoms with Crippen LogP contribution in [0.1, 0.15) is 37.6 Å². The van der Waals surface area contributed by atoms with E-state index in [1.54, 1.807) is 11.8 Å². The van der Waals surface area contributed by atoms with Gasteiger partial charge in [-0.15, -0.1) is 0 Å². The highest BCUT2D eigenvalue weighted by Gasteiger charge is 2.55. The third-order valence-corrected chi connectivity index (χ3v) is 5.07. The molecule has 2 fully saturated rings. The van der Waals surface area contributed by atoms with Gasteiger partial charge in [-0.25, -0.2) is 4.79 Å². The van der Waals surface area contributed by atoms with Crippen LogP contribution in [0.2, 0.25) is 0 Å². The lowest BCUT2D eigenvalue weighted by atomic mass is 9.81. The van der Waals surface area contributed by atoms with Crippen molar-refractivity contribution in [2.75, 3.05) is 18.4 Å². The number of aryl methyl sites for hydroxylation is 2. The molecule has 1 aliphatic heterocycles. The Hall–Kier alpha value is -2.05. The van der Waals surface area contributed by atoms with Crippen LogP contribution in [0.3, 0.4) is 0 Å². The predicted octanol–water partition coefficient (Wildman–Crippen LogP) is 2.26. The zero-order valence-electron chi connectivity index (χ0n) is 12.9. The van der Waals surface area contributed by atoms with Gasteiger partial charge in [0.25, 0.3) is 0 Å². The fraction of sp³-hybridized carbons (Fsp3) is 0.667. The monoisotopic (exact) mass is 307 g/mol. The number of carbonyl (C=O) groups excluding carboxylic acids is 1. The standard InChI is InChI=1S/C15H21N3O4/c1-3-11-12(9(2)17-22-11)16-14(21)18-7-10-5-4-6-15(10,8-18)13(19)20/h10H,3-8H2,1-2H3,(H,16,21)(H,19,20)/t10-,15+/m0/s1. The second kappa shape index (κ2) is 5.30. The highest BCUT2D eigenvalue weighted by molar-refractivity contribution is 5.91. The van der Waals surface area contributed by atoms with Crippen LogP contribution in [0.15, 0.2) is 4.52 Å². The number of aromatic nitrogens is 1. The molecule has 2 amide bonds. The fourth-order valence-electron chi connectivity index (χ4n) is 3.80. The van der Waals surface area contributed by atoms with Gasteiger partial charge in [-0.05, 0) is 25.7 Å². The molecule has 0 radical (unpaired) electrons. The van der Waals surface area contributed by atoms with Crippen LogP contribution in [0.4, 0.5) is 10.5 Å². The van der Waals surface area contributed by atoms with Gasteiger partial charge in [0.15, 0.2) is 5.76 Å². The maximum absolute atomic E-state index is 12.5. The largest absolute Gasteiger partial charge is 0.481 e. The molecule has 0 bridgehead atoms. The molecule has 0 spiro atoms. The highest BCUT2D eigenvalue weighted by Crippen LogP contribution is 2.49. The first-order chi connectivity index (χ1) is 10.5. The van der Waals surface area contributed by atoms with Crippen LogP contribution in [0.5, 0.6) is 0 Å². The van der Waals surface area contributed by atoms with E-state index in [2.05, 4.69) is 10.5 Å². The van der Waals surface area contributed by atoms with E-state index in [1.165, 1.54) is 0 Å². The summed E-state index contributed by atoms with van der Waals surface area (Å²) in [6.07, 6.45) is 3.10. The third-order valence-electron chi connectivity index (χ3n) is 5.07. The SMILES string of the molecule is CCc1onc(C)c1NC(=O)N1C[C@@H]2CCC[C@@]2(C(=O)O)C1.